The maximum absolute atomic E-state index is 13.1. The first kappa shape index (κ1) is 21.2. The molecule has 0 saturated carbocycles. The van der Waals surface area contributed by atoms with Crippen molar-refractivity contribution in [2.24, 2.45) is 0 Å². The quantitative estimate of drug-likeness (QED) is 0.215. The van der Waals surface area contributed by atoms with E-state index in [9.17, 15) is 4.79 Å². The van der Waals surface area contributed by atoms with Crippen molar-refractivity contribution in [1.82, 2.24) is 4.57 Å². The van der Waals surface area contributed by atoms with Crippen LogP contribution in [0.3, 0.4) is 0 Å². The van der Waals surface area contributed by atoms with Gasteiger partial charge in [-0.05, 0) is 67.1 Å². The second-order valence-electron chi connectivity index (χ2n) is 8.82. The Kier molecular flexibility index (Phi) is 5.10. The number of Topliss-reactive ketones (excluding diaryl/α,β-unsaturated/α-hetero) is 1. The van der Waals surface area contributed by atoms with Crippen LogP contribution in [0.1, 0.15) is 28.9 Å². The summed E-state index contributed by atoms with van der Waals surface area (Å²) in [5.41, 5.74) is 5.74. The fourth-order valence-electron chi connectivity index (χ4n) is 4.82. The van der Waals surface area contributed by atoms with Crippen LogP contribution in [0.2, 0.25) is 0 Å². The van der Waals surface area contributed by atoms with Crippen molar-refractivity contribution in [3.63, 3.8) is 0 Å². The molecule has 0 fully saturated rings. The van der Waals surface area contributed by atoms with E-state index in [1.165, 1.54) is 5.56 Å². The first-order chi connectivity index (χ1) is 17.1. The lowest BCUT2D eigenvalue weighted by Crippen LogP contribution is -2.37. The molecule has 0 aliphatic rings. The van der Waals surface area contributed by atoms with E-state index >= 15 is 0 Å². The number of hydrogen-bond donors (Lipinski definition) is 0. The Hall–Kier alpha value is -4.38. The molecule has 1 atom stereocenters. The van der Waals surface area contributed by atoms with Crippen LogP contribution in [0.15, 0.2) is 102 Å². The number of methoxy groups -OCH3 is 1. The van der Waals surface area contributed by atoms with Gasteiger partial charge in [0.2, 0.25) is 12.1 Å². The predicted molar refractivity (Wildman–Crippen MR) is 137 cm³/mol. The zero-order valence-electron chi connectivity index (χ0n) is 19.6. The van der Waals surface area contributed by atoms with E-state index in [1.807, 2.05) is 65.2 Å². The largest absolute Gasteiger partial charge is 0.497 e. The first-order valence-electron chi connectivity index (χ1n) is 11.7. The summed E-state index contributed by atoms with van der Waals surface area (Å²) < 4.78 is 15.5. The van der Waals surface area contributed by atoms with Crippen LogP contribution in [0, 0.1) is 0 Å². The van der Waals surface area contributed by atoms with Gasteiger partial charge in [0, 0.05) is 16.3 Å². The van der Waals surface area contributed by atoms with Crippen molar-refractivity contribution < 1.29 is 18.5 Å². The molecule has 0 aliphatic carbocycles. The minimum absolute atomic E-state index is 0.0551. The highest BCUT2D eigenvalue weighted by atomic mass is 16.5. The van der Waals surface area contributed by atoms with Gasteiger partial charge in [0.25, 0.3) is 0 Å². The minimum Gasteiger partial charge on any atom is -0.497 e. The summed E-state index contributed by atoms with van der Waals surface area (Å²) in [6, 6.07) is 30.1. The number of ketones is 1. The second kappa shape index (κ2) is 8.44. The van der Waals surface area contributed by atoms with Crippen LogP contribution in [-0.4, -0.2) is 17.5 Å². The molecule has 0 spiro atoms. The van der Waals surface area contributed by atoms with Crippen LogP contribution in [0.4, 0.5) is 0 Å². The number of ether oxygens (including phenoxy) is 1. The van der Waals surface area contributed by atoms with Gasteiger partial charge in [0.1, 0.15) is 23.0 Å². The Morgan fingerprint density at radius 2 is 1.66 bits per heavy atom. The van der Waals surface area contributed by atoms with Gasteiger partial charge in [-0.1, -0.05) is 36.4 Å². The van der Waals surface area contributed by atoms with Crippen LogP contribution in [0.5, 0.6) is 5.75 Å². The average Bonchev–Trinajstić information content (AvgIpc) is 3.46. The van der Waals surface area contributed by atoms with E-state index in [1.54, 1.807) is 7.11 Å². The van der Waals surface area contributed by atoms with E-state index in [2.05, 4.69) is 48.1 Å². The molecule has 6 aromatic rings. The third-order valence-corrected chi connectivity index (χ3v) is 6.76. The third-order valence-electron chi connectivity index (χ3n) is 6.76. The predicted octanol–water partition coefficient (Wildman–Crippen LogP) is 6.33. The van der Waals surface area contributed by atoms with Gasteiger partial charge in [-0.15, -0.1) is 0 Å². The molecule has 0 aliphatic heterocycles. The van der Waals surface area contributed by atoms with Crippen molar-refractivity contribution in [3.05, 3.63) is 108 Å². The number of furan rings is 1. The summed E-state index contributed by atoms with van der Waals surface area (Å²) in [7, 11) is 1.62. The van der Waals surface area contributed by atoms with E-state index in [-0.39, 0.29) is 18.4 Å². The number of aromatic nitrogens is 2. The molecule has 6 rings (SSSR count). The molecule has 2 heterocycles. The van der Waals surface area contributed by atoms with Crippen LogP contribution in [-0.2, 0) is 6.54 Å². The number of hydrogen-bond acceptors (Lipinski definition) is 3. The van der Waals surface area contributed by atoms with Crippen molar-refractivity contribution in [1.29, 1.82) is 0 Å². The molecule has 5 heteroatoms. The highest BCUT2D eigenvalue weighted by Gasteiger charge is 2.23. The van der Waals surface area contributed by atoms with Gasteiger partial charge in [0.05, 0.1) is 7.11 Å². The van der Waals surface area contributed by atoms with Gasteiger partial charge >= 0.3 is 0 Å². The number of fused-ring (bicyclic) bond motifs is 4. The number of nitrogens with zero attached hydrogens (tertiary/aromatic N) is 2. The highest BCUT2D eigenvalue weighted by Crippen LogP contribution is 2.32. The molecular formula is C30H25N2O3+. The Bertz CT molecular complexity index is 1690. The topological polar surface area (TPSA) is 48.2 Å². The van der Waals surface area contributed by atoms with Gasteiger partial charge in [0.15, 0.2) is 17.6 Å². The molecule has 4 aromatic carbocycles. The molecule has 0 bridgehead atoms. The van der Waals surface area contributed by atoms with E-state index in [0.29, 0.717) is 5.56 Å². The van der Waals surface area contributed by atoms with Crippen molar-refractivity contribution in [2.45, 2.75) is 19.5 Å². The lowest BCUT2D eigenvalue weighted by molar-refractivity contribution is -0.658. The highest BCUT2D eigenvalue weighted by molar-refractivity contribution is 6.05. The molecule has 2 aromatic heterocycles. The molecule has 5 nitrogen and oxygen atoms in total. The molecular weight excluding hydrogens is 436 g/mol. The van der Waals surface area contributed by atoms with E-state index in [4.69, 9.17) is 9.15 Å². The molecule has 35 heavy (non-hydrogen) atoms. The smallest absolute Gasteiger partial charge is 0.245 e. The summed E-state index contributed by atoms with van der Waals surface area (Å²) in [5.74, 6) is 0.793. The third kappa shape index (κ3) is 3.66. The first-order valence-corrected chi connectivity index (χ1v) is 11.7. The fraction of sp³-hybridized carbons (Fsp3) is 0.133. The Morgan fingerprint density at radius 1 is 0.914 bits per heavy atom. The summed E-state index contributed by atoms with van der Waals surface area (Å²) in [5, 5.41) is 2.23. The van der Waals surface area contributed by atoms with Gasteiger partial charge in [-0.25, -0.2) is 9.13 Å². The normalized spacial score (nSPS) is 12.4. The number of carbonyl (C=O) groups excluding carboxylic acids is 1. The number of para-hydroxylation sites is 3. The van der Waals surface area contributed by atoms with Crippen LogP contribution < -0.4 is 9.30 Å². The molecule has 0 saturated heterocycles. The summed E-state index contributed by atoms with van der Waals surface area (Å²) in [6.45, 7) is 2.45. The number of rotatable bonds is 6. The monoisotopic (exact) mass is 461 g/mol. The van der Waals surface area contributed by atoms with E-state index in [0.717, 1.165) is 38.7 Å². The number of carbonyl (C=O) groups is 1. The average molecular weight is 462 g/mol. The van der Waals surface area contributed by atoms with Crippen molar-refractivity contribution >= 4 is 38.8 Å². The summed E-state index contributed by atoms with van der Waals surface area (Å²) >= 11 is 0. The van der Waals surface area contributed by atoms with Gasteiger partial charge < -0.3 is 9.15 Å². The van der Waals surface area contributed by atoms with E-state index < -0.39 is 0 Å². The zero-order valence-corrected chi connectivity index (χ0v) is 19.6. The van der Waals surface area contributed by atoms with Crippen molar-refractivity contribution in [2.75, 3.05) is 7.11 Å². The Morgan fingerprint density at radius 3 is 2.49 bits per heavy atom. The maximum Gasteiger partial charge on any atom is 0.245 e. The van der Waals surface area contributed by atoms with Gasteiger partial charge in [-0.3, -0.25) is 4.79 Å². The van der Waals surface area contributed by atoms with Crippen molar-refractivity contribution in [3.8, 4) is 5.75 Å². The molecule has 0 radical (unpaired) electrons. The maximum atomic E-state index is 13.1. The second-order valence-corrected chi connectivity index (χ2v) is 8.82. The standard InChI is InChI=1S/C30H25N2O3/c1-20(22-13-16-30-25(17-22)24-7-3-6-10-29(24)35-30)32-19-31(26-8-4-5-9-27(26)32)18-28(33)21-11-14-23(34-2)15-12-21/h3-17,19-20H,18H2,1-2H3/q+1. The number of imidazole rings is 1. The lowest BCUT2D eigenvalue weighted by Gasteiger charge is -2.09. The zero-order chi connectivity index (χ0) is 23.9. The molecule has 0 N–H and O–H groups in total. The minimum atomic E-state index is 0.0551. The summed E-state index contributed by atoms with van der Waals surface area (Å²) in [6.07, 6.45) is 2.05. The molecule has 172 valence electrons. The lowest BCUT2D eigenvalue weighted by atomic mass is 10.0. The Balaban J connectivity index is 1.38. The summed E-state index contributed by atoms with van der Waals surface area (Å²) in [4.78, 5) is 13.1. The Labute approximate surface area is 202 Å². The van der Waals surface area contributed by atoms with Gasteiger partial charge in [-0.2, -0.15) is 0 Å². The SMILES string of the molecule is COc1ccc(C(=O)C[n+]2cn(C(C)c3ccc4oc5ccccc5c4c3)c3ccccc32)cc1. The molecule has 1 unspecified atom stereocenters. The van der Waals surface area contributed by atoms with Crippen LogP contribution >= 0.6 is 0 Å². The fourth-order valence-corrected chi connectivity index (χ4v) is 4.82. The molecule has 0 amide bonds. The number of benzene rings is 4. The van der Waals surface area contributed by atoms with Crippen LogP contribution in [0.25, 0.3) is 33.0 Å².